The van der Waals surface area contributed by atoms with E-state index in [1.54, 1.807) is 0 Å². The van der Waals surface area contributed by atoms with Gasteiger partial charge in [-0.2, -0.15) is 0 Å². The predicted octanol–water partition coefficient (Wildman–Crippen LogP) is 2.88. The molecule has 0 saturated carbocycles. The lowest BCUT2D eigenvalue weighted by molar-refractivity contribution is 0.145. The van der Waals surface area contributed by atoms with Crippen LogP contribution in [0.25, 0.3) is 11.5 Å². The monoisotopic (exact) mass is 286 g/mol. The first-order valence-electron chi connectivity index (χ1n) is 7.47. The van der Waals surface area contributed by atoms with Gasteiger partial charge in [0.1, 0.15) is 0 Å². The van der Waals surface area contributed by atoms with Gasteiger partial charge in [-0.1, -0.05) is 6.92 Å². The van der Waals surface area contributed by atoms with E-state index in [1.807, 2.05) is 12.1 Å². The molecule has 3 unspecified atom stereocenters. The lowest BCUT2D eigenvalue weighted by atomic mass is 9.89. The maximum atomic E-state index is 5.20. The van der Waals surface area contributed by atoms with E-state index in [-0.39, 0.29) is 0 Å². The molecule has 1 N–H and O–H groups in total. The lowest BCUT2D eigenvalue weighted by Gasteiger charge is -2.40. The summed E-state index contributed by atoms with van der Waals surface area (Å²) in [5.74, 6) is 1.20. The molecular weight excluding hydrogens is 264 g/mol. The van der Waals surface area contributed by atoms with Crippen LogP contribution in [0.4, 0.5) is 5.69 Å². The van der Waals surface area contributed by atoms with Crippen molar-refractivity contribution < 1.29 is 4.42 Å². The second kappa shape index (κ2) is 5.85. The van der Waals surface area contributed by atoms with Gasteiger partial charge < -0.3 is 14.6 Å². The van der Waals surface area contributed by atoms with Crippen molar-refractivity contribution in [3.63, 3.8) is 0 Å². The summed E-state index contributed by atoms with van der Waals surface area (Å²) in [5, 5.41) is 11.3. The van der Waals surface area contributed by atoms with Crippen molar-refractivity contribution in [2.45, 2.75) is 32.4 Å². The highest BCUT2D eigenvalue weighted by Gasteiger charge is 2.28. The molecule has 1 aromatic carbocycles. The number of nitrogens with one attached hydrogen (secondary N) is 1. The zero-order valence-electron chi connectivity index (χ0n) is 12.8. The summed E-state index contributed by atoms with van der Waals surface area (Å²) in [6.07, 6.45) is 2.52. The zero-order valence-corrected chi connectivity index (χ0v) is 12.8. The Labute approximate surface area is 125 Å². The van der Waals surface area contributed by atoms with Gasteiger partial charge >= 0.3 is 0 Å². The summed E-state index contributed by atoms with van der Waals surface area (Å²) >= 11 is 0. The number of hydrogen-bond donors (Lipinski definition) is 1. The molecule has 3 atom stereocenters. The summed E-state index contributed by atoms with van der Waals surface area (Å²) in [6, 6.07) is 9.32. The van der Waals surface area contributed by atoms with Crippen molar-refractivity contribution >= 4 is 5.69 Å². The topological polar surface area (TPSA) is 54.2 Å². The summed E-state index contributed by atoms with van der Waals surface area (Å²) in [6.45, 7) is 5.74. The largest absolute Gasteiger partial charge is 0.423 e. The van der Waals surface area contributed by atoms with Crippen LogP contribution in [0.5, 0.6) is 0 Å². The van der Waals surface area contributed by atoms with Crippen LogP contribution in [-0.4, -0.2) is 40.8 Å². The normalized spacial score (nSPS) is 26.7. The van der Waals surface area contributed by atoms with Gasteiger partial charge in [0.15, 0.2) is 0 Å². The number of piperidine rings is 1. The highest BCUT2D eigenvalue weighted by Crippen LogP contribution is 2.25. The summed E-state index contributed by atoms with van der Waals surface area (Å²) in [4.78, 5) is 2.43. The Morgan fingerprint density at radius 2 is 2.00 bits per heavy atom. The smallest absolute Gasteiger partial charge is 0.247 e. The van der Waals surface area contributed by atoms with Gasteiger partial charge in [0.25, 0.3) is 0 Å². The fourth-order valence-corrected chi connectivity index (χ4v) is 2.96. The van der Waals surface area contributed by atoms with Crippen LogP contribution in [0, 0.1) is 5.92 Å². The fraction of sp³-hybridized carbons (Fsp3) is 0.500. The Hall–Kier alpha value is -1.88. The van der Waals surface area contributed by atoms with E-state index in [2.05, 4.69) is 53.4 Å². The maximum Gasteiger partial charge on any atom is 0.247 e. The summed E-state index contributed by atoms with van der Waals surface area (Å²) in [7, 11) is 2.20. The number of hydrogen-bond acceptors (Lipinski definition) is 5. The Morgan fingerprint density at radius 3 is 2.67 bits per heavy atom. The number of aromatic nitrogens is 2. The minimum atomic E-state index is 0.519. The minimum absolute atomic E-state index is 0.519. The first-order valence-corrected chi connectivity index (χ1v) is 7.47. The Morgan fingerprint density at radius 1 is 1.24 bits per heavy atom. The van der Waals surface area contributed by atoms with Crippen molar-refractivity contribution in [3.8, 4) is 11.5 Å². The van der Waals surface area contributed by atoms with E-state index >= 15 is 0 Å². The Kier molecular flexibility index (Phi) is 3.92. The predicted molar refractivity (Wildman–Crippen MR) is 83.0 cm³/mol. The second-order valence-electron chi connectivity index (χ2n) is 6.07. The molecule has 1 fully saturated rings. The van der Waals surface area contributed by atoms with Gasteiger partial charge in [-0.05, 0) is 50.6 Å². The third-order valence-corrected chi connectivity index (χ3v) is 4.45. The summed E-state index contributed by atoms with van der Waals surface area (Å²) in [5.41, 5.74) is 2.09. The fourth-order valence-electron chi connectivity index (χ4n) is 2.96. The lowest BCUT2D eigenvalue weighted by Crippen LogP contribution is -2.48. The molecule has 0 amide bonds. The molecule has 1 aliphatic rings. The van der Waals surface area contributed by atoms with Crippen LogP contribution in [0.1, 0.15) is 20.3 Å². The average Bonchev–Trinajstić information content (AvgIpc) is 3.00. The van der Waals surface area contributed by atoms with Gasteiger partial charge in [0.2, 0.25) is 12.3 Å². The van der Waals surface area contributed by atoms with E-state index in [1.165, 1.54) is 12.8 Å². The van der Waals surface area contributed by atoms with Crippen molar-refractivity contribution in [2.24, 2.45) is 5.92 Å². The van der Waals surface area contributed by atoms with Crippen molar-refractivity contribution in [3.05, 3.63) is 30.7 Å². The van der Waals surface area contributed by atoms with Gasteiger partial charge in [-0.15, -0.1) is 10.2 Å². The number of nitrogens with zero attached hydrogens (tertiary/aromatic N) is 3. The quantitative estimate of drug-likeness (QED) is 0.940. The molecule has 5 nitrogen and oxygen atoms in total. The molecule has 112 valence electrons. The number of benzene rings is 1. The molecule has 3 rings (SSSR count). The third kappa shape index (κ3) is 3.08. The minimum Gasteiger partial charge on any atom is -0.423 e. The van der Waals surface area contributed by atoms with Crippen LogP contribution < -0.4 is 5.32 Å². The third-order valence-electron chi connectivity index (χ3n) is 4.45. The number of likely N-dealkylation sites (tertiary alicyclic amines) is 1. The molecule has 1 saturated heterocycles. The molecule has 0 bridgehead atoms. The molecule has 2 aromatic rings. The van der Waals surface area contributed by atoms with Crippen LogP contribution in [0.2, 0.25) is 0 Å². The van der Waals surface area contributed by atoms with Gasteiger partial charge in [0, 0.05) is 29.9 Å². The molecule has 21 heavy (non-hydrogen) atoms. The Balaban J connectivity index is 1.68. The second-order valence-corrected chi connectivity index (χ2v) is 6.07. The molecule has 2 heterocycles. The summed E-state index contributed by atoms with van der Waals surface area (Å²) < 4.78 is 5.20. The van der Waals surface area contributed by atoms with Crippen LogP contribution in [-0.2, 0) is 0 Å². The van der Waals surface area contributed by atoms with Gasteiger partial charge in [0.05, 0.1) is 0 Å². The van der Waals surface area contributed by atoms with Gasteiger partial charge in [-0.25, -0.2) is 0 Å². The highest BCUT2D eigenvalue weighted by molar-refractivity contribution is 5.58. The molecule has 1 aliphatic heterocycles. The van der Waals surface area contributed by atoms with E-state index in [4.69, 9.17) is 4.42 Å². The van der Waals surface area contributed by atoms with Crippen molar-refractivity contribution in [2.75, 3.05) is 18.9 Å². The molecule has 0 spiro atoms. The molecular formula is C16H22N4O. The maximum absolute atomic E-state index is 5.20. The van der Waals surface area contributed by atoms with Gasteiger partial charge in [-0.3, -0.25) is 0 Å². The van der Waals surface area contributed by atoms with Crippen molar-refractivity contribution in [1.82, 2.24) is 15.1 Å². The van der Waals surface area contributed by atoms with Crippen molar-refractivity contribution in [1.29, 1.82) is 0 Å². The number of rotatable bonds is 3. The van der Waals surface area contributed by atoms with E-state index in [9.17, 15) is 0 Å². The van der Waals surface area contributed by atoms with Crippen LogP contribution in [0.15, 0.2) is 35.1 Å². The first-order chi connectivity index (χ1) is 10.1. The highest BCUT2D eigenvalue weighted by atomic mass is 16.4. The van der Waals surface area contributed by atoms with Crippen LogP contribution >= 0.6 is 0 Å². The molecule has 0 radical (unpaired) electrons. The SMILES string of the molecule is CC1CN(C)C(C)CC1Nc1ccc(-c2nnco2)cc1. The average molecular weight is 286 g/mol. The molecule has 5 heteroatoms. The first kappa shape index (κ1) is 14.1. The molecule has 1 aromatic heterocycles. The standard InChI is InChI=1S/C16H22N4O/c1-11-9-20(3)12(2)8-15(11)18-14-6-4-13(5-7-14)16-19-17-10-21-16/h4-7,10-12,15,18H,8-9H2,1-3H3. The van der Waals surface area contributed by atoms with Crippen LogP contribution in [0.3, 0.4) is 0 Å². The van der Waals surface area contributed by atoms with E-state index < -0.39 is 0 Å². The van der Waals surface area contributed by atoms with E-state index in [0.717, 1.165) is 17.8 Å². The Bertz CT molecular complexity index is 566. The molecule has 0 aliphatic carbocycles. The van der Waals surface area contributed by atoms with E-state index in [0.29, 0.717) is 23.9 Å². The zero-order chi connectivity index (χ0) is 14.8. The number of anilines is 1.